The van der Waals surface area contributed by atoms with E-state index in [2.05, 4.69) is 4.98 Å². The van der Waals surface area contributed by atoms with Gasteiger partial charge in [0.2, 0.25) is 5.91 Å². The van der Waals surface area contributed by atoms with Gasteiger partial charge in [-0.25, -0.2) is 9.37 Å². The van der Waals surface area contributed by atoms with Crippen LogP contribution in [0.25, 0.3) is 0 Å². The van der Waals surface area contributed by atoms with Gasteiger partial charge >= 0.3 is 0 Å². The number of benzene rings is 1. The number of amides is 1. The number of aryl methyl sites for hydroxylation is 1. The van der Waals surface area contributed by atoms with Gasteiger partial charge in [-0.1, -0.05) is 18.2 Å². The van der Waals surface area contributed by atoms with Crippen LogP contribution in [0.2, 0.25) is 0 Å². The maximum atomic E-state index is 13.5. The summed E-state index contributed by atoms with van der Waals surface area (Å²) in [6, 6.07) is 6.79. The molecule has 2 aromatic rings. The predicted octanol–water partition coefficient (Wildman–Crippen LogP) is 4.01. The van der Waals surface area contributed by atoms with E-state index in [0.29, 0.717) is 30.7 Å². The molecule has 3 rings (SSSR count). The molecule has 122 valence electrons. The van der Waals surface area contributed by atoms with Gasteiger partial charge in [0.25, 0.3) is 0 Å². The lowest BCUT2D eigenvalue weighted by atomic mass is 9.97. The van der Waals surface area contributed by atoms with E-state index >= 15 is 0 Å². The van der Waals surface area contributed by atoms with E-state index < -0.39 is 0 Å². The standard InChI is InChI=1S/C18H21FN2OS/c19-16-6-2-1-4-14(16)5-3-7-17(22)21-11-8-15(9-12-21)18-20-10-13-23-18/h1-2,4,6,10,13,15H,3,5,7-9,11-12H2. The largest absolute Gasteiger partial charge is 0.343 e. The molecule has 0 unspecified atom stereocenters. The van der Waals surface area contributed by atoms with Crippen LogP contribution in [0, 0.1) is 5.82 Å². The summed E-state index contributed by atoms with van der Waals surface area (Å²) in [5.41, 5.74) is 0.697. The normalized spacial score (nSPS) is 15.8. The molecule has 1 amide bonds. The number of nitrogens with zero attached hydrogens (tertiary/aromatic N) is 2. The predicted molar refractivity (Wildman–Crippen MR) is 90.0 cm³/mol. The Kier molecular flexibility index (Phi) is 5.39. The van der Waals surface area contributed by atoms with E-state index in [0.717, 1.165) is 25.9 Å². The van der Waals surface area contributed by atoms with Crippen molar-refractivity contribution in [1.82, 2.24) is 9.88 Å². The van der Waals surface area contributed by atoms with Crippen LogP contribution in [0.5, 0.6) is 0 Å². The zero-order chi connectivity index (χ0) is 16.1. The van der Waals surface area contributed by atoms with Crippen LogP contribution in [-0.2, 0) is 11.2 Å². The summed E-state index contributed by atoms with van der Waals surface area (Å²) in [5, 5.41) is 3.20. The SMILES string of the molecule is O=C(CCCc1ccccc1F)N1CCC(c2nccs2)CC1. The number of hydrogen-bond acceptors (Lipinski definition) is 3. The summed E-state index contributed by atoms with van der Waals surface area (Å²) >= 11 is 1.70. The molecular formula is C18H21FN2OS. The number of hydrogen-bond donors (Lipinski definition) is 0. The number of carbonyl (C=O) groups is 1. The van der Waals surface area contributed by atoms with E-state index in [4.69, 9.17) is 0 Å². The van der Waals surface area contributed by atoms with Gasteiger partial charge in [-0.2, -0.15) is 0 Å². The summed E-state index contributed by atoms with van der Waals surface area (Å²) in [7, 11) is 0. The van der Waals surface area contributed by atoms with Crippen LogP contribution in [0.3, 0.4) is 0 Å². The quantitative estimate of drug-likeness (QED) is 0.829. The molecule has 0 saturated carbocycles. The molecule has 0 atom stereocenters. The molecule has 0 spiro atoms. The molecule has 3 nitrogen and oxygen atoms in total. The summed E-state index contributed by atoms with van der Waals surface area (Å²) in [4.78, 5) is 18.6. The average molecular weight is 332 g/mol. The minimum atomic E-state index is -0.177. The molecule has 1 aromatic carbocycles. The fourth-order valence-corrected chi connectivity index (χ4v) is 3.91. The van der Waals surface area contributed by atoms with Gasteiger partial charge in [0, 0.05) is 37.0 Å². The maximum absolute atomic E-state index is 13.5. The zero-order valence-corrected chi connectivity index (χ0v) is 13.9. The Morgan fingerprint density at radius 2 is 2.09 bits per heavy atom. The Labute approximate surface area is 140 Å². The third-order valence-corrected chi connectivity index (χ3v) is 5.38. The van der Waals surface area contributed by atoms with E-state index in [1.54, 1.807) is 23.5 Å². The van der Waals surface area contributed by atoms with Crippen molar-refractivity contribution in [2.24, 2.45) is 0 Å². The van der Waals surface area contributed by atoms with Crippen LogP contribution < -0.4 is 0 Å². The molecule has 0 aliphatic carbocycles. The number of piperidine rings is 1. The van der Waals surface area contributed by atoms with E-state index in [1.165, 1.54) is 11.1 Å². The molecule has 0 bridgehead atoms. The van der Waals surface area contributed by atoms with Crippen molar-refractivity contribution in [3.05, 3.63) is 52.2 Å². The lowest BCUT2D eigenvalue weighted by Crippen LogP contribution is -2.37. The fraction of sp³-hybridized carbons (Fsp3) is 0.444. The summed E-state index contributed by atoms with van der Waals surface area (Å²) in [6.07, 6.45) is 5.65. The van der Waals surface area contributed by atoms with E-state index in [9.17, 15) is 9.18 Å². The van der Waals surface area contributed by atoms with Crippen molar-refractivity contribution >= 4 is 17.2 Å². The second kappa shape index (κ2) is 7.68. The first-order valence-electron chi connectivity index (χ1n) is 8.14. The third kappa shape index (κ3) is 4.16. The minimum absolute atomic E-state index is 0.177. The van der Waals surface area contributed by atoms with Crippen LogP contribution >= 0.6 is 11.3 Å². The highest BCUT2D eigenvalue weighted by Crippen LogP contribution is 2.29. The van der Waals surface area contributed by atoms with E-state index in [-0.39, 0.29) is 11.7 Å². The Bertz CT molecular complexity index is 636. The molecular weight excluding hydrogens is 311 g/mol. The number of rotatable bonds is 5. The first-order chi connectivity index (χ1) is 11.2. The molecule has 1 aromatic heterocycles. The molecule has 1 fully saturated rings. The topological polar surface area (TPSA) is 33.2 Å². The van der Waals surface area contributed by atoms with Crippen molar-refractivity contribution in [1.29, 1.82) is 0 Å². The number of carbonyl (C=O) groups excluding carboxylic acids is 1. The molecule has 0 radical (unpaired) electrons. The highest BCUT2D eigenvalue weighted by atomic mass is 32.1. The second-order valence-corrected chi connectivity index (χ2v) is 6.90. The molecule has 1 aliphatic heterocycles. The van der Waals surface area contributed by atoms with Gasteiger partial charge in [0.1, 0.15) is 5.82 Å². The lowest BCUT2D eigenvalue weighted by molar-refractivity contribution is -0.132. The van der Waals surface area contributed by atoms with Crippen molar-refractivity contribution in [3.63, 3.8) is 0 Å². The summed E-state index contributed by atoms with van der Waals surface area (Å²) in [6.45, 7) is 1.62. The maximum Gasteiger partial charge on any atom is 0.222 e. The molecule has 1 saturated heterocycles. The Morgan fingerprint density at radius 1 is 1.30 bits per heavy atom. The summed E-state index contributed by atoms with van der Waals surface area (Å²) in [5.74, 6) is 0.514. The van der Waals surface area contributed by atoms with Gasteiger partial charge in [-0.15, -0.1) is 11.3 Å². The first kappa shape index (κ1) is 16.1. The first-order valence-corrected chi connectivity index (χ1v) is 9.02. The number of likely N-dealkylation sites (tertiary alicyclic amines) is 1. The van der Waals surface area contributed by atoms with Crippen LogP contribution in [0.4, 0.5) is 4.39 Å². The smallest absolute Gasteiger partial charge is 0.222 e. The highest BCUT2D eigenvalue weighted by molar-refractivity contribution is 7.09. The summed E-state index contributed by atoms with van der Waals surface area (Å²) < 4.78 is 13.5. The second-order valence-electron chi connectivity index (χ2n) is 5.97. The lowest BCUT2D eigenvalue weighted by Gasteiger charge is -2.31. The molecule has 2 heterocycles. The van der Waals surface area contributed by atoms with Crippen LogP contribution in [0.15, 0.2) is 35.8 Å². The average Bonchev–Trinajstić information content (AvgIpc) is 3.11. The molecule has 23 heavy (non-hydrogen) atoms. The van der Waals surface area contributed by atoms with Crippen LogP contribution in [0.1, 0.15) is 42.2 Å². The number of aromatic nitrogens is 1. The van der Waals surface area contributed by atoms with Crippen molar-refractivity contribution in [3.8, 4) is 0 Å². The van der Waals surface area contributed by atoms with Crippen molar-refractivity contribution in [2.75, 3.05) is 13.1 Å². The van der Waals surface area contributed by atoms with Gasteiger partial charge in [-0.3, -0.25) is 4.79 Å². The Hall–Kier alpha value is -1.75. The van der Waals surface area contributed by atoms with Crippen LogP contribution in [-0.4, -0.2) is 28.9 Å². The van der Waals surface area contributed by atoms with Gasteiger partial charge in [0.05, 0.1) is 5.01 Å². The fourth-order valence-electron chi connectivity index (χ4n) is 3.10. The van der Waals surface area contributed by atoms with E-state index in [1.807, 2.05) is 22.5 Å². The number of thiazole rings is 1. The molecule has 0 N–H and O–H groups in total. The number of halogens is 1. The molecule has 1 aliphatic rings. The minimum Gasteiger partial charge on any atom is -0.343 e. The van der Waals surface area contributed by atoms with Crippen molar-refractivity contribution in [2.45, 2.75) is 38.0 Å². The van der Waals surface area contributed by atoms with Gasteiger partial charge in [-0.05, 0) is 37.3 Å². The zero-order valence-electron chi connectivity index (χ0n) is 13.1. The van der Waals surface area contributed by atoms with Gasteiger partial charge < -0.3 is 4.90 Å². The third-order valence-electron chi connectivity index (χ3n) is 4.44. The molecule has 5 heteroatoms. The Balaban J connectivity index is 1.42. The monoisotopic (exact) mass is 332 g/mol. The van der Waals surface area contributed by atoms with Gasteiger partial charge in [0.15, 0.2) is 0 Å². The Morgan fingerprint density at radius 3 is 2.78 bits per heavy atom. The van der Waals surface area contributed by atoms with Crippen molar-refractivity contribution < 1.29 is 9.18 Å². The highest BCUT2D eigenvalue weighted by Gasteiger charge is 2.24.